The van der Waals surface area contributed by atoms with Crippen LogP contribution in [-0.2, 0) is 0 Å². The van der Waals surface area contributed by atoms with Gasteiger partial charge in [-0.2, -0.15) is 0 Å². The highest BCUT2D eigenvalue weighted by Crippen LogP contribution is 2.38. The molecule has 6 nitrogen and oxygen atoms in total. The van der Waals surface area contributed by atoms with Gasteiger partial charge in [0.1, 0.15) is 5.75 Å². The molecule has 0 bridgehead atoms. The normalized spacial score (nSPS) is 14.5. The Morgan fingerprint density at radius 3 is 2.33 bits per heavy atom. The number of halogens is 1. The molecule has 0 saturated heterocycles. The highest BCUT2D eigenvalue weighted by atomic mass is 35.5. The first-order valence-electron chi connectivity index (χ1n) is 12.7. The van der Waals surface area contributed by atoms with Crippen LogP contribution < -0.4 is 21.0 Å². The molecule has 0 unspecified atom stereocenters. The maximum atomic E-state index is 13.7. The molecular weight excluding hydrogens is 540 g/mol. The summed E-state index contributed by atoms with van der Waals surface area (Å²) in [6, 6.07) is 32.6. The molecule has 0 spiro atoms. The standard InChI is InChI=1S/C32H25ClN4O2S/c1-39-24-15-12-20(13-16-24)28-19-27(36-37(28)32(40)34-23-10-6-3-7-11-23)30-29(21-8-4-2-5-9-21)25-18-22(33)14-17-26(25)35-31(30)38/h2-19,28,36H,1H3,(H,34,40)(H,35,38)/t28-/m0/s1. The molecule has 2 heterocycles. The van der Waals surface area contributed by atoms with Crippen LogP contribution in [-0.4, -0.2) is 22.2 Å². The maximum Gasteiger partial charge on any atom is 0.258 e. The Hall–Kier alpha value is -4.59. The van der Waals surface area contributed by atoms with E-state index in [0.29, 0.717) is 26.9 Å². The average molecular weight is 565 g/mol. The van der Waals surface area contributed by atoms with Crippen molar-refractivity contribution in [1.82, 2.24) is 15.4 Å². The SMILES string of the molecule is COc1ccc([C@@H]2C=C(c3c(-c4ccccc4)c4cc(Cl)ccc4[nH]c3=O)NN2C(=S)Nc2ccccc2)cc1. The third-order valence-corrected chi connectivity index (χ3v) is 7.39. The number of aromatic amines is 1. The van der Waals surface area contributed by atoms with Crippen molar-refractivity contribution in [2.45, 2.75) is 6.04 Å². The van der Waals surface area contributed by atoms with Crippen molar-refractivity contribution in [3.63, 3.8) is 0 Å². The van der Waals surface area contributed by atoms with Gasteiger partial charge in [-0.3, -0.25) is 15.2 Å². The molecule has 4 aromatic carbocycles. The first-order valence-corrected chi connectivity index (χ1v) is 13.5. The first-order chi connectivity index (χ1) is 19.5. The molecular formula is C32H25ClN4O2S. The zero-order valence-corrected chi connectivity index (χ0v) is 23.1. The van der Waals surface area contributed by atoms with Crippen molar-refractivity contribution >= 4 is 51.2 Å². The number of hydrazine groups is 1. The summed E-state index contributed by atoms with van der Waals surface area (Å²) in [6.07, 6.45) is 2.02. The summed E-state index contributed by atoms with van der Waals surface area (Å²) in [5.74, 6) is 0.754. The maximum absolute atomic E-state index is 13.7. The molecule has 40 heavy (non-hydrogen) atoms. The lowest BCUT2D eigenvalue weighted by atomic mass is 9.94. The molecule has 0 saturated carbocycles. The van der Waals surface area contributed by atoms with Crippen molar-refractivity contribution in [1.29, 1.82) is 0 Å². The summed E-state index contributed by atoms with van der Waals surface area (Å²) in [5.41, 5.74) is 8.61. The molecule has 0 radical (unpaired) electrons. The number of para-hydroxylation sites is 1. The fourth-order valence-corrected chi connectivity index (χ4v) is 5.41. The molecule has 8 heteroatoms. The van der Waals surface area contributed by atoms with Crippen molar-refractivity contribution in [3.05, 3.63) is 136 Å². The number of benzene rings is 4. The molecule has 1 aromatic heterocycles. The lowest BCUT2D eigenvalue weighted by Crippen LogP contribution is -2.42. The van der Waals surface area contributed by atoms with Gasteiger partial charge in [-0.15, -0.1) is 0 Å². The number of pyridine rings is 1. The molecule has 6 rings (SSSR count). The number of aromatic nitrogens is 1. The second kappa shape index (κ2) is 10.9. The summed E-state index contributed by atoms with van der Waals surface area (Å²) in [4.78, 5) is 16.8. The van der Waals surface area contributed by atoms with Gasteiger partial charge in [-0.25, -0.2) is 0 Å². The van der Waals surface area contributed by atoms with Crippen LogP contribution in [0, 0.1) is 0 Å². The number of hydrogen-bond donors (Lipinski definition) is 3. The van der Waals surface area contributed by atoms with Crippen LogP contribution in [0.15, 0.2) is 114 Å². The second-order valence-corrected chi connectivity index (χ2v) is 10.2. The number of thiocarbonyl (C=S) groups is 1. The number of methoxy groups -OCH3 is 1. The van der Waals surface area contributed by atoms with Crippen LogP contribution in [0.5, 0.6) is 5.75 Å². The van der Waals surface area contributed by atoms with E-state index in [9.17, 15) is 4.79 Å². The number of ether oxygens (including phenoxy) is 1. The number of anilines is 1. The summed E-state index contributed by atoms with van der Waals surface area (Å²) < 4.78 is 5.37. The van der Waals surface area contributed by atoms with E-state index in [0.717, 1.165) is 33.5 Å². The van der Waals surface area contributed by atoms with E-state index >= 15 is 0 Å². The highest BCUT2D eigenvalue weighted by Gasteiger charge is 2.32. The van der Waals surface area contributed by atoms with Gasteiger partial charge < -0.3 is 15.0 Å². The van der Waals surface area contributed by atoms with Gasteiger partial charge in [0.2, 0.25) is 0 Å². The number of nitrogens with zero attached hydrogens (tertiary/aromatic N) is 1. The fourth-order valence-electron chi connectivity index (χ4n) is 4.96. The Kier molecular flexibility index (Phi) is 6.99. The van der Waals surface area contributed by atoms with Crippen LogP contribution >= 0.6 is 23.8 Å². The third kappa shape index (κ3) is 4.93. The Morgan fingerprint density at radius 2 is 1.62 bits per heavy atom. The van der Waals surface area contributed by atoms with Gasteiger partial charge >= 0.3 is 0 Å². The molecule has 5 aromatic rings. The summed E-state index contributed by atoms with van der Waals surface area (Å²) in [7, 11) is 1.64. The van der Waals surface area contributed by atoms with E-state index in [2.05, 4.69) is 15.7 Å². The molecule has 0 fully saturated rings. The molecule has 3 N–H and O–H groups in total. The smallest absolute Gasteiger partial charge is 0.258 e. The number of fused-ring (bicyclic) bond motifs is 1. The zero-order chi connectivity index (χ0) is 27.6. The third-order valence-electron chi connectivity index (χ3n) is 6.85. The molecule has 198 valence electrons. The minimum atomic E-state index is -0.303. The second-order valence-electron chi connectivity index (χ2n) is 9.34. The lowest BCUT2D eigenvalue weighted by molar-refractivity contribution is 0.347. The largest absolute Gasteiger partial charge is 0.497 e. The number of hydrogen-bond acceptors (Lipinski definition) is 4. The van der Waals surface area contributed by atoms with Crippen LogP contribution in [0.1, 0.15) is 17.2 Å². The minimum absolute atomic E-state index is 0.218. The Morgan fingerprint density at radius 1 is 0.925 bits per heavy atom. The van der Waals surface area contributed by atoms with E-state index in [1.807, 2.05) is 108 Å². The quantitative estimate of drug-likeness (QED) is 0.197. The minimum Gasteiger partial charge on any atom is -0.497 e. The predicted octanol–water partition coefficient (Wildman–Crippen LogP) is 7.16. The lowest BCUT2D eigenvalue weighted by Gasteiger charge is -2.28. The molecule has 0 aliphatic carbocycles. The Labute approximate surface area is 241 Å². The van der Waals surface area contributed by atoms with E-state index in [4.69, 9.17) is 28.6 Å². The van der Waals surface area contributed by atoms with Gasteiger partial charge in [0, 0.05) is 27.2 Å². The number of rotatable bonds is 5. The molecule has 0 amide bonds. The fraction of sp³-hybridized carbons (Fsp3) is 0.0625. The van der Waals surface area contributed by atoms with Crippen LogP contribution in [0.25, 0.3) is 27.7 Å². The van der Waals surface area contributed by atoms with Gasteiger partial charge in [-0.05, 0) is 71.9 Å². The van der Waals surface area contributed by atoms with Gasteiger partial charge in [-0.1, -0.05) is 72.3 Å². The van der Waals surface area contributed by atoms with Crippen LogP contribution in [0.3, 0.4) is 0 Å². The van der Waals surface area contributed by atoms with E-state index < -0.39 is 0 Å². The number of nitrogens with one attached hydrogen (secondary N) is 3. The van der Waals surface area contributed by atoms with E-state index in [1.54, 1.807) is 13.2 Å². The monoisotopic (exact) mass is 564 g/mol. The summed E-state index contributed by atoms with van der Waals surface area (Å²) in [6.45, 7) is 0. The van der Waals surface area contributed by atoms with Gasteiger partial charge in [0.25, 0.3) is 5.56 Å². The average Bonchev–Trinajstić information content (AvgIpc) is 3.43. The summed E-state index contributed by atoms with van der Waals surface area (Å²) >= 11 is 12.3. The number of H-pyrrole nitrogens is 1. The molecule has 1 aliphatic rings. The van der Waals surface area contributed by atoms with Crippen LogP contribution in [0.4, 0.5) is 5.69 Å². The Bertz CT molecular complexity index is 1790. The van der Waals surface area contributed by atoms with Crippen molar-refractivity contribution < 1.29 is 4.74 Å². The first kappa shape index (κ1) is 25.7. The summed E-state index contributed by atoms with van der Waals surface area (Å²) in [5, 5.41) is 7.06. The van der Waals surface area contributed by atoms with Crippen molar-refractivity contribution in [3.8, 4) is 16.9 Å². The molecule has 1 atom stereocenters. The molecule has 1 aliphatic heterocycles. The van der Waals surface area contributed by atoms with E-state index in [1.165, 1.54) is 0 Å². The predicted molar refractivity (Wildman–Crippen MR) is 166 cm³/mol. The zero-order valence-electron chi connectivity index (χ0n) is 21.5. The topological polar surface area (TPSA) is 69.4 Å². The Balaban J connectivity index is 1.51. The van der Waals surface area contributed by atoms with Crippen molar-refractivity contribution in [2.24, 2.45) is 0 Å². The van der Waals surface area contributed by atoms with E-state index in [-0.39, 0.29) is 11.6 Å². The van der Waals surface area contributed by atoms with Crippen molar-refractivity contribution in [2.75, 3.05) is 12.4 Å². The van der Waals surface area contributed by atoms with Gasteiger partial charge in [0.05, 0.1) is 24.4 Å². The highest BCUT2D eigenvalue weighted by molar-refractivity contribution is 7.80. The van der Waals surface area contributed by atoms with Gasteiger partial charge in [0.15, 0.2) is 5.11 Å². The van der Waals surface area contributed by atoms with Crippen LogP contribution in [0.2, 0.25) is 5.02 Å².